The van der Waals surface area contributed by atoms with E-state index < -0.39 is 0 Å². The first kappa shape index (κ1) is 20.4. The van der Waals surface area contributed by atoms with Crippen molar-refractivity contribution in [3.63, 3.8) is 0 Å². The highest BCUT2D eigenvalue weighted by Crippen LogP contribution is 2.29. The molecule has 26 heavy (non-hydrogen) atoms. The lowest BCUT2D eigenvalue weighted by atomic mass is 9.82. The van der Waals surface area contributed by atoms with Crippen molar-refractivity contribution in [3.8, 4) is 0 Å². The van der Waals surface area contributed by atoms with Gasteiger partial charge in [-0.2, -0.15) is 0 Å². The quantitative estimate of drug-likeness (QED) is 0.721. The Morgan fingerprint density at radius 2 is 2.00 bits per heavy atom. The number of carbonyl (C=O) groups excluding carboxylic acids is 2. The Labute approximate surface area is 155 Å². The summed E-state index contributed by atoms with van der Waals surface area (Å²) in [7, 11) is 1.33. The molecule has 4 nitrogen and oxygen atoms in total. The number of carbonyl (C=O) groups is 2. The van der Waals surface area contributed by atoms with Gasteiger partial charge in [0.2, 0.25) is 5.91 Å². The monoisotopic (exact) mass is 363 g/mol. The lowest BCUT2D eigenvalue weighted by Gasteiger charge is -2.24. The van der Waals surface area contributed by atoms with Gasteiger partial charge in [-0.05, 0) is 53.9 Å². The number of esters is 1. The molecule has 1 heterocycles. The maximum Gasteiger partial charge on any atom is 0.306 e. The average Bonchev–Trinajstić information content (AvgIpc) is 3.06. The van der Waals surface area contributed by atoms with Gasteiger partial charge in [0.05, 0.1) is 13.5 Å². The summed E-state index contributed by atoms with van der Waals surface area (Å²) in [6, 6.07) is 5.07. The molecule has 1 aliphatic rings. The van der Waals surface area contributed by atoms with E-state index in [2.05, 4.69) is 25.5 Å². The zero-order chi connectivity index (χ0) is 19.3. The molecular weight excluding hydrogens is 333 g/mol. The molecule has 0 spiro atoms. The number of hydrogen-bond donors (Lipinski definition) is 0. The summed E-state index contributed by atoms with van der Waals surface area (Å²) in [4.78, 5) is 25.2. The fourth-order valence-corrected chi connectivity index (χ4v) is 3.59. The van der Waals surface area contributed by atoms with Gasteiger partial charge in [-0.3, -0.25) is 9.59 Å². The molecule has 0 aliphatic carbocycles. The molecule has 1 unspecified atom stereocenters. The minimum absolute atomic E-state index is 0.0232. The largest absolute Gasteiger partial charge is 0.469 e. The van der Waals surface area contributed by atoms with E-state index in [1.165, 1.54) is 18.7 Å². The van der Waals surface area contributed by atoms with E-state index in [9.17, 15) is 14.0 Å². The van der Waals surface area contributed by atoms with Crippen molar-refractivity contribution in [2.45, 2.75) is 58.3 Å². The molecule has 0 radical (unpaired) electrons. The predicted octanol–water partition coefficient (Wildman–Crippen LogP) is 3.86. The highest BCUT2D eigenvalue weighted by atomic mass is 19.1. The lowest BCUT2D eigenvalue weighted by molar-refractivity contribution is -0.143. The van der Waals surface area contributed by atoms with Crippen LogP contribution < -0.4 is 0 Å². The van der Waals surface area contributed by atoms with Gasteiger partial charge < -0.3 is 9.64 Å². The molecule has 144 valence electrons. The van der Waals surface area contributed by atoms with Crippen molar-refractivity contribution in [1.29, 1.82) is 0 Å². The van der Waals surface area contributed by atoms with Gasteiger partial charge in [-0.15, -0.1) is 0 Å². The van der Waals surface area contributed by atoms with Crippen molar-refractivity contribution in [2.24, 2.45) is 5.92 Å². The van der Waals surface area contributed by atoms with E-state index in [0.29, 0.717) is 5.92 Å². The van der Waals surface area contributed by atoms with Crippen LogP contribution >= 0.6 is 0 Å². The average molecular weight is 363 g/mol. The lowest BCUT2D eigenvalue weighted by Crippen LogP contribution is -2.29. The zero-order valence-corrected chi connectivity index (χ0v) is 16.3. The van der Waals surface area contributed by atoms with Gasteiger partial charge in [0.15, 0.2) is 0 Å². The third-order valence-electron chi connectivity index (χ3n) is 5.11. The number of nitrogens with zero attached hydrogens (tertiary/aromatic N) is 1. The summed E-state index contributed by atoms with van der Waals surface area (Å²) in [5.74, 6) is -0.0629. The maximum atomic E-state index is 13.6. The van der Waals surface area contributed by atoms with Crippen LogP contribution in [0, 0.1) is 11.7 Å². The van der Waals surface area contributed by atoms with Crippen LogP contribution in [0.5, 0.6) is 0 Å². The number of benzene rings is 1. The molecule has 5 heteroatoms. The SMILES string of the molecule is COC(=O)CCC(=O)N1CCC(CCc2ccc(F)cc2C(C)(C)C)C1. The molecule has 0 N–H and O–H groups in total. The first-order valence-electron chi connectivity index (χ1n) is 9.34. The molecule has 1 atom stereocenters. The summed E-state index contributed by atoms with van der Waals surface area (Å²) in [5, 5.41) is 0. The Balaban J connectivity index is 1.88. The molecule has 0 bridgehead atoms. The number of halogens is 1. The smallest absolute Gasteiger partial charge is 0.306 e. The van der Waals surface area contributed by atoms with Crippen LogP contribution in [0.4, 0.5) is 4.39 Å². The van der Waals surface area contributed by atoms with Crippen LogP contribution in [-0.4, -0.2) is 37.0 Å². The molecule has 0 saturated carbocycles. The van der Waals surface area contributed by atoms with Crippen molar-refractivity contribution < 1.29 is 18.7 Å². The summed E-state index contributed by atoms with van der Waals surface area (Å²) in [6.07, 6.45) is 3.21. The van der Waals surface area contributed by atoms with Crippen LogP contribution in [0.1, 0.15) is 57.6 Å². The Hall–Kier alpha value is -1.91. The van der Waals surface area contributed by atoms with E-state index in [0.717, 1.165) is 37.9 Å². The third kappa shape index (κ3) is 5.55. The van der Waals surface area contributed by atoms with Crippen molar-refractivity contribution in [3.05, 3.63) is 35.1 Å². The maximum absolute atomic E-state index is 13.6. The van der Waals surface area contributed by atoms with E-state index >= 15 is 0 Å². The first-order chi connectivity index (χ1) is 12.2. The van der Waals surface area contributed by atoms with Gasteiger partial charge >= 0.3 is 5.97 Å². The summed E-state index contributed by atoms with van der Waals surface area (Å²) in [5.41, 5.74) is 2.15. The molecule has 0 aromatic heterocycles. The number of ether oxygens (including phenoxy) is 1. The van der Waals surface area contributed by atoms with Crippen LogP contribution in [0.3, 0.4) is 0 Å². The molecule has 1 saturated heterocycles. The molecule has 1 amide bonds. The van der Waals surface area contributed by atoms with Crippen molar-refractivity contribution >= 4 is 11.9 Å². The highest BCUT2D eigenvalue weighted by molar-refractivity contribution is 5.81. The fourth-order valence-electron chi connectivity index (χ4n) is 3.59. The molecule has 1 fully saturated rings. The summed E-state index contributed by atoms with van der Waals surface area (Å²) >= 11 is 0. The molecule has 2 rings (SSSR count). The number of likely N-dealkylation sites (tertiary alicyclic amines) is 1. The second-order valence-electron chi connectivity index (χ2n) is 8.16. The summed E-state index contributed by atoms with van der Waals surface area (Å²) < 4.78 is 18.2. The first-order valence-corrected chi connectivity index (χ1v) is 9.34. The number of methoxy groups -OCH3 is 1. The number of hydrogen-bond acceptors (Lipinski definition) is 3. The van der Waals surface area contributed by atoms with Gasteiger partial charge in [-0.1, -0.05) is 26.8 Å². The van der Waals surface area contributed by atoms with Crippen LogP contribution in [0.25, 0.3) is 0 Å². The molecule has 1 aromatic carbocycles. The second kappa shape index (κ2) is 8.65. The van der Waals surface area contributed by atoms with Gasteiger partial charge in [0.25, 0.3) is 0 Å². The standard InChI is InChI=1S/C21H30FNO3/c1-21(2,3)18-13-17(22)8-7-16(18)6-5-15-11-12-23(14-15)19(24)9-10-20(25)26-4/h7-8,13,15H,5-6,9-12,14H2,1-4H3. The topological polar surface area (TPSA) is 46.6 Å². The Bertz CT molecular complexity index is 651. The Morgan fingerprint density at radius 3 is 2.65 bits per heavy atom. The number of rotatable bonds is 6. The van der Waals surface area contributed by atoms with E-state index in [1.54, 1.807) is 6.07 Å². The second-order valence-corrected chi connectivity index (χ2v) is 8.16. The Kier molecular flexibility index (Phi) is 6.79. The van der Waals surface area contributed by atoms with E-state index in [-0.39, 0.29) is 36.0 Å². The van der Waals surface area contributed by atoms with Gasteiger partial charge in [0, 0.05) is 19.5 Å². The van der Waals surface area contributed by atoms with E-state index in [4.69, 9.17) is 0 Å². The minimum atomic E-state index is -0.347. The Morgan fingerprint density at radius 1 is 1.27 bits per heavy atom. The normalized spacial score (nSPS) is 17.4. The van der Waals surface area contributed by atoms with E-state index in [1.807, 2.05) is 11.0 Å². The third-order valence-corrected chi connectivity index (χ3v) is 5.11. The fraction of sp³-hybridized carbons (Fsp3) is 0.619. The number of amides is 1. The minimum Gasteiger partial charge on any atom is -0.469 e. The van der Waals surface area contributed by atoms with Gasteiger partial charge in [0.1, 0.15) is 5.82 Å². The molecule has 1 aromatic rings. The number of aryl methyl sites for hydroxylation is 1. The van der Waals surface area contributed by atoms with Crippen molar-refractivity contribution in [2.75, 3.05) is 20.2 Å². The molecule has 1 aliphatic heterocycles. The van der Waals surface area contributed by atoms with Crippen LogP contribution in [-0.2, 0) is 26.2 Å². The zero-order valence-electron chi connectivity index (χ0n) is 16.3. The van der Waals surface area contributed by atoms with Crippen LogP contribution in [0.15, 0.2) is 18.2 Å². The highest BCUT2D eigenvalue weighted by Gasteiger charge is 2.27. The van der Waals surface area contributed by atoms with Crippen molar-refractivity contribution in [1.82, 2.24) is 4.90 Å². The van der Waals surface area contributed by atoms with Crippen LogP contribution in [0.2, 0.25) is 0 Å². The molecular formula is C21H30FNO3. The predicted molar refractivity (Wildman–Crippen MR) is 99.4 cm³/mol. The van der Waals surface area contributed by atoms with Gasteiger partial charge in [-0.25, -0.2) is 4.39 Å². The summed E-state index contributed by atoms with van der Waals surface area (Å²) in [6.45, 7) is 7.79.